The molecule has 2 aromatic rings. The molecule has 2 heterocycles. The zero-order valence-electron chi connectivity index (χ0n) is 13.0. The van der Waals surface area contributed by atoms with E-state index in [0.29, 0.717) is 12.1 Å². The van der Waals surface area contributed by atoms with Crippen LogP contribution >= 0.6 is 11.8 Å². The average molecular weight is 304 g/mol. The van der Waals surface area contributed by atoms with Crippen molar-refractivity contribution in [3.8, 4) is 0 Å². The fourth-order valence-electron chi connectivity index (χ4n) is 2.57. The molecule has 1 atom stereocenters. The number of aromatic nitrogens is 2. The lowest BCUT2D eigenvalue weighted by atomic mass is 10.3. The number of hydrogen-bond acceptors (Lipinski definition) is 4. The molecule has 0 bridgehead atoms. The van der Waals surface area contributed by atoms with Crippen LogP contribution in [-0.2, 0) is 6.54 Å². The van der Waals surface area contributed by atoms with Crippen LogP contribution in [0.3, 0.4) is 0 Å². The topological polar surface area (TPSA) is 32.6 Å². The van der Waals surface area contributed by atoms with E-state index in [4.69, 9.17) is 4.98 Å². The van der Waals surface area contributed by atoms with Gasteiger partial charge in [0.05, 0.1) is 5.69 Å². The Labute approximate surface area is 130 Å². The summed E-state index contributed by atoms with van der Waals surface area (Å²) in [4.78, 5) is 7.17. The Morgan fingerprint density at radius 3 is 3.00 bits per heavy atom. The van der Waals surface area contributed by atoms with E-state index in [1.165, 1.54) is 18.5 Å². The van der Waals surface area contributed by atoms with E-state index in [-0.39, 0.29) is 0 Å². The van der Waals surface area contributed by atoms with Gasteiger partial charge >= 0.3 is 0 Å². The molecule has 0 spiro atoms. The molecule has 1 saturated carbocycles. The number of anilines is 1. The van der Waals surface area contributed by atoms with Crippen molar-refractivity contribution in [2.45, 2.75) is 38.4 Å². The van der Waals surface area contributed by atoms with Gasteiger partial charge < -0.3 is 14.6 Å². The van der Waals surface area contributed by atoms with Gasteiger partial charge in [0.25, 0.3) is 0 Å². The molecule has 2 aromatic heterocycles. The second-order valence-electron chi connectivity index (χ2n) is 5.88. The third-order valence-corrected chi connectivity index (χ3v) is 4.96. The van der Waals surface area contributed by atoms with Gasteiger partial charge in [-0.05, 0) is 38.2 Å². The van der Waals surface area contributed by atoms with Gasteiger partial charge in [0.1, 0.15) is 5.65 Å². The lowest BCUT2D eigenvalue weighted by Crippen LogP contribution is -2.32. The molecule has 0 radical (unpaired) electrons. The van der Waals surface area contributed by atoms with E-state index in [0.717, 1.165) is 23.8 Å². The van der Waals surface area contributed by atoms with Crippen molar-refractivity contribution in [1.82, 2.24) is 14.7 Å². The Hall–Kier alpha value is -1.20. The van der Waals surface area contributed by atoms with Crippen molar-refractivity contribution in [2.24, 2.45) is 0 Å². The highest BCUT2D eigenvalue weighted by atomic mass is 32.2. The zero-order chi connectivity index (χ0) is 14.8. The van der Waals surface area contributed by atoms with Gasteiger partial charge in [0.2, 0.25) is 0 Å². The maximum absolute atomic E-state index is 4.85. The largest absolute Gasteiger partial charge is 0.355 e. The Morgan fingerprint density at radius 2 is 2.29 bits per heavy atom. The average Bonchev–Trinajstić information content (AvgIpc) is 3.25. The van der Waals surface area contributed by atoms with Gasteiger partial charge in [-0.2, -0.15) is 11.8 Å². The van der Waals surface area contributed by atoms with Crippen LogP contribution in [0.1, 0.15) is 25.5 Å². The molecule has 5 heteroatoms. The zero-order valence-corrected chi connectivity index (χ0v) is 13.9. The van der Waals surface area contributed by atoms with Crippen molar-refractivity contribution in [2.75, 3.05) is 24.0 Å². The number of imidazole rings is 1. The minimum Gasteiger partial charge on any atom is -0.355 e. The molecule has 1 aliphatic rings. The van der Waals surface area contributed by atoms with Crippen molar-refractivity contribution in [3.63, 3.8) is 0 Å². The molecule has 21 heavy (non-hydrogen) atoms. The molecule has 1 unspecified atom stereocenters. The number of thioether (sulfide) groups is 1. The molecule has 0 aromatic carbocycles. The molecule has 3 rings (SSSR count). The molecular formula is C16H24N4S. The van der Waals surface area contributed by atoms with E-state index in [2.05, 4.69) is 59.2 Å². The predicted molar refractivity (Wildman–Crippen MR) is 91.3 cm³/mol. The van der Waals surface area contributed by atoms with Crippen LogP contribution < -0.4 is 10.2 Å². The van der Waals surface area contributed by atoms with Gasteiger partial charge in [-0.25, -0.2) is 4.98 Å². The van der Waals surface area contributed by atoms with Crippen molar-refractivity contribution < 1.29 is 0 Å². The monoisotopic (exact) mass is 304 g/mol. The number of pyridine rings is 1. The summed E-state index contributed by atoms with van der Waals surface area (Å²) in [6.45, 7) is 3.15. The fraction of sp³-hybridized carbons (Fsp3) is 0.562. The van der Waals surface area contributed by atoms with Gasteiger partial charge in [0.15, 0.2) is 5.82 Å². The Morgan fingerprint density at radius 1 is 1.48 bits per heavy atom. The highest BCUT2D eigenvalue weighted by Gasteiger charge is 2.23. The first-order valence-electron chi connectivity index (χ1n) is 7.62. The lowest BCUT2D eigenvalue weighted by Gasteiger charge is -2.25. The first-order chi connectivity index (χ1) is 10.2. The predicted octanol–water partition coefficient (Wildman–Crippen LogP) is 2.77. The fourth-order valence-corrected chi connectivity index (χ4v) is 3.28. The molecule has 114 valence electrons. The second kappa shape index (κ2) is 6.28. The second-order valence-corrected chi connectivity index (χ2v) is 6.79. The highest BCUT2D eigenvalue weighted by Crippen LogP contribution is 2.25. The van der Waals surface area contributed by atoms with Crippen LogP contribution in [0.4, 0.5) is 5.82 Å². The van der Waals surface area contributed by atoms with Crippen molar-refractivity contribution in [3.05, 3.63) is 30.1 Å². The van der Waals surface area contributed by atoms with E-state index >= 15 is 0 Å². The van der Waals surface area contributed by atoms with Crippen LogP contribution in [0.5, 0.6) is 0 Å². The third-order valence-electron chi connectivity index (χ3n) is 4.15. The molecule has 1 aliphatic carbocycles. The summed E-state index contributed by atoms with van der Waals surface area (Å²) in [5.74, 6) is 2.22. The maximum atomic E-state index is 4.85. The van der Waals surface area contributed by atoms with E-state index < -0.39 is 0 Å². The molecule has 4 nitrogen and oxygen atoms in total. The summed E-state index contributed by atoms with van der Waals surface area (Å²) in [6, 6.07) is 7.39. The summed E-state index contributed by atoms with van der Waals surface area (Å²) in [6.07, 6.45) is 6.89. The van der Waals surface area contributed by atoms with Crippen LogP contribution in [0.2, 0.25) is 0 Å². The van der Waals surface area contributed by atoms with Gasteiger partial charge in [0, 0.05) is 37.6 Å². The van der Waals surface area contributed by atoms with Crippen LogP contribution in [0.25, 0.3) is 5.65 Å². The summed E-state index contributed by atoms with van der Waals surface area (Å²) in [7, 11) is 2.16. The summed E-state index contributed by atoms with van der Waals surface area (Å²) in [5, 5.41) is 3.62. The standard InChI is InChI=1S/C16H24N4S/c1-12(11-21-3)19(2)16-14(10-17-13-7-8-13)20-9-5-4-6-15(20)18-16/h4-6,9,12-13,17H,7-8,10-11H2,1-3H3. The lowest BCUT2D eigenvalue weighted by molar-refractivity contribution is 0.663. The molecule has 0 amide bonds. The van der Waals surface area contributed by atoms with Gasteiger partial charge in [-0.3, -0.25) is 0 Å². The van der Waals surface area contributed by atoms with Crippen LogP contribution in [0.15, 0.2) is 24.4 Å². The van der Waals surface area contributed by atoms with Crippen molar-refractivity contribution >= 4 is 23.2 Å². The molecular weight excluding hydrogens is 280 g/mol. The van der Waals surface area contributed by atoms with Gasteiger partial charge in [-0.15, -0.1) is 0 Å². The Bertz CT molecular complexity index is 605. The summed E-state index contributed by atoms with van der Waals surface area (Å²) < 4.78 is 2.22. The molecule has 1 fully saturated rings. The van der Waals surface area contributed by atoms with Crippen molar-refractivity contribution in [1.29, 1.82) is 0 Å². The van der Waals surface area contributed by atoms with Gasteiger partial charge in [-0.1, -0.05) is 6.07 Å². The maximum Gasteiger partial charge on any atom is 0.152 e. The number of fused-ring (bicyclic) bond motifs is 1. The quantitative estimate of drug-likeness (QED) is 0.852. The normalized spacial score (nSPS) is 16.3. The Kier molecular flexibility index (Phi) is 4.40. The molecule has 0 aliphatic heterocycles. The van der Waals surface area contributed by atoms with E-state index in [1.54, 1.807) is 0 Å². The van der Waals surface area contributed by atoms with E-state index in [1.807, 2.05) is 11.8 Å². The third kappa shape index (κ3) is 3.19. The molecule has 0 saturated heterocycles. The summed E-state index contributed by atoms with van der Waals surface area (Å²) in [5.41, 5.74) is 2.30. The number of nitrogens with one attached hydrogen (secondary N) is 1. The Balaban J connectivity index is 1.92. The molecule has 1 N–H and O–H groups in total. The van der Waals surface area contributed by atoms with E-state index in [9.17, 15) is 0 Å². The highest BCUT2D eigenvalue weighted by molar-refractivity contribution is 7.98. The van der Waals surface area contributed by atoms with Crippen LogP contribution in [-0.4, -0.2) is 40.5 Å². The minimum absolute atomic E-state index is 0.476. The smallest absolute Gasteiger partial charge is 0.152 e. The summed E-state index contributed by atoms with van der Waals surface area (Å²) >= 11 is 1.88. The number of hydrogen-bond donors (Lipinski definition) is 1. The SMILES string of the molecule is CSCC(C)N(C)c1nc2ccccn2c1CNC1CC1. The first kappa shape index (κ1) is 14.7. The van der Waals surface area contributed by atoms with Crippen LogP contribution in [0, 0.1) is 0 Å². The minimum atomic E-state index is 0.476. The number of nitrogens with zero attached hydrogens (tertiary/aromatic N) is 3. The first-order valence-corrected chi connectivity index (χ1v) is 9.01. The number of rotatable bonds is 7.